The third kappa shape index (κ3) is 3.61. The lowest BCUT2D eigenvalue weighted by atomic mass is 10.2. The van der Waals surface area contributed by atoms with Gasteiger partial charge in [0.1, 0.15) is 12.4 Å². The molecule has 1 heterocycles. The molecular formula is C14H15N3O4. The summed E-state index contributed by atoms with van der Waals surface area (Å²) in [5.41, 5.74) is 2.88. The van der Waals surface area contributed by atoms with Crippen LogP contribution in [-0.4, -0.2) is 11.8 Å². The molecule has 0 aliphatic heterocycles. The van der Waals surface area contributed by atoms with Crippen LogP contribution >= 0.6 is 0 Å². The molecule has 0 bridgehead atoms. The maximum Gasteiger partial charge on any atom is 0.268 e. The molecule has 2 amide bonds. The van der Waals surface area contributed by atoms with Gasteiger partial charge in [0.2, 0.25) is 5.91 Å². The number of hydrogen-bond acceptors (Lipinski definition) is 5. The second kappa shape index (κ2) is 6.58. The highest BCUT2D eigenvalue weighted by Gasteiger charge is 2.14. The van der Waals surface area contributed by atoms with Crippen LogP contribution in [0.3, 0.4) is 0 Å². The maximum atomic E-state index is 11.5. The van der Waals surface area contributed by atoms with Gasteiger partial charge in [0, 0.05) is 6.92 Å². The van der Waals surface area contributed by atoms with E-state index < -0.39 is 5.91 Å². The summed E-state index contributed by atoms with van der Waals surface area (Å²) in [4.78, 5) is 22.6. The smallest absolute Gasteiger partial charge is 0.268 e. The monoisotopic (exact) mass is 289 g/mol. The lowest BCUT2D eigenvalue weighted by Crippen LogP contribution is -2.30. The third-order valence-electron chi connectivity index (χ3n) is 2.68. The zero-order chi connectivity index (χ0) is 15.2. The number of furan rings is 1. The fourth-order valence-corrected chi connectivity index (χ4v) is 1.76. The van der Waals surface area contributed by atoms with E-state index in [1.807, 2.05) is 5.43 Å². The molecule has 21 heavy (non-hydrogen) atoms. The predicted octanol–water partition coefficient (Wildman–Crippen LogP) is 1.42. The molecule has 110 valence electrons. The number of hydrazine groups is 1. The van der Waals surface area contributed by atoms with Crippen molar-refractivity contribution in [1.29, 1.82) is 0 Å². The van der Waals surface area contributed by atoms with E-state index in [0.29, 0.717) is 22.8 Å². The molecule has 0 saturated carbocycles. The van der Waals surface area contributed by atoms with Gasteiger partial charge in [-0.15, -0.1) is 0 Å². The largest absolute Gasteiger partial charge is 0.483 e. The summed E-state index contributed by atoms with van der Waals surface area (Å²) < 4.78 is 10.8. The molecule has 0 aliphatic rings. The summed E-state index contributed by atoms with van der Waals surface area (Å²) in [7, 11) is 0. The number of carbonyl (C=O) groups is 2. The summed E-state index contributed by atoms with van der Waals surface area (Å²) in [6.07, 6.45) is 1.38. The van der Waals surface area contributed by atoms with E-state index in [-0.39, 0.29) is 12.5 Å². The van der Waals surface area contributed by atoms with Crippen LogP contribution in [0.4, 0.5) is 5.69 Å². The van der Waals surface area contributed by atoms with Gasteiger partial charge in [0.25, 0.3) is 5.91 Å². The molecule has 1 aromatic heterocycles. The van der Waals surface area contributed by atoms with Crippen molar-refractivity contribution < 1.29 is 18.7 Å². The van der Waals surface area contributed by atoms with Crippen molar-refractivity contribution >= 4 is 17.5 Å². The van der Waals surface area contributed by atoms with Gasteiger partial charge in [-0.3, -0.25) is 15.0 Å². The number of benzene rings is 1. The van der Waals surface area contributed by atoms with Gasteiger partial charge in [-0.2, -0.15) is 0 Å². The molecular weight excluding hydrogens is 274 g/mol. The Kier molecular flexibility index (Phi) is 4.57. The first-order valence-electron chi connectivity index (χ1n) is 6.18. The quantitative estimate of drug-likeness (QED) is 0.438. The lowest BCUT2D eigenvalue weighted by molar-refractivity contribution is -0.114. The van der Waals surface area contributed by atoms with E-state index in [4.69, 9.17) is 15.0 Å². The number of nitrogens with two attached hydrogens (primary N) is 1. The van der Waals surface area contributed by atoms with Crippen LogP contribution in [0.25, 0.3) is 0 Å². The molecule has 0 radical (unpaired) electrons. The fourth-order valence-electron chi connectivity index (χ4n) is 1.76. The van der Waals surface area contributed by atoms with Gasteiger partial charge in [-0.1, -0.05) is 12.1 Å². The van der Waals surface area contributed by atoms with Gasteiger partial charge in [-0.05, 0) is 18.2 Å². The van der Waals surface area contributed by atoms with E-state index in [2.05, 4.69) is 5.32 Å². The lowest BCUT2D eigenvalue weighted by Gasteiger charge is -2.11. The third-order valence-corrected chi connectivity index (χ3v) is 2.68. The summed E-state index contributed by atoms with van der Waals surface area (Å²) in [6, 6.07) is 8.47. The Morgan fingerprint density at radius 1 is 1.29 bits per heavy atom. The van der Waals surface area contributed by atoms with Crippen LogP contribution < -0.4 is 21.3 Å². The predicted molar refractivity (Wildman–Crippen MR) is 75.4 cm³/mol. The van der Waals surface area contributed by atoms with Crippen LogP contribution in [0, 0.1) is 0 Å². The molecule has 0 saturated heterocycles. The SMILES string of the molecule is CC(=O)Nc1ccccc1OCc1occc1C(=O)NN. The molecule has 2 aromatic rings. The molecule has 7 nitrogen and oxygen atoms in total. The van der Waals surface area contributed by atoms with Crippen molar-refractivity contribution in [3.8, 4) is 5.75 Å². The normalized spacial score (nSPS) is 10.0. The number of para-hydroxylation sites is 2. The van der Waals surface area contributed by atoms with Crippen molar-refractivity contribution in [1.82, 2.24) is 5.43 Å². The van der Waals surface area contributed by atoms with Gasteiger partial charge >= 0.3 is 0 Å². The molecule has 4 N–H and O–H groups in total. The topological polar surface area (TPSA) is 107 Å². The molecule has 0 fully saturated rings. The van der Waals surface area contributed by atoms with Crippen LogP contribution in [-0.2, 0) is 11.4 Å². The Morgan fingerprint density at radius 3 is 2.76 bits per heavy atom. The number of anilines is 1. The standard InChI is InChI=1S/C14H15N3O4/c1-9(18)16-11-4-2-3-5-12(11)21-8-13-10(6-7-20-13)14(19)17-15/h2-7H,8,15H2,1H3,(H,16,18)(H,17,19). The number of rotatable bonds is 5. The highest BCUT2D eigenvalue weighted by Crippen LogP contribution is 2.25. The van der Waals surface area contributed by atoms with Gasteiger partial charge < -0.3 is 14.5 Å². The summed E-state index contributed by atoms with van der Waals surface area (Å²) in [5.74, 6) is 5.24. The van der Waals surface area contributed by atoms with Crippen LogP contribution in [0.1, 0.15) is 23.0 Å². The van der Waals surface area contributed by atoms with E-state index in [0.717, 1.165) is 0 Å². The average molecular weight is 289 g/mol. The first kappa shape index (κ1) is 14.6. The van der Waals surface area contributed by atoms with Crippen LogP contribution in [0.2, 0.25) is 0 Å². The minimum Gasteiger partial charge on any atom is -0.483 e. The molecule has 0 aliphatic carbocycles. The number of hydrogen-bond donors (Lipinski definition) is 3. The molecule has 0 atom stereocenters. The van der Waals surface area contributed by atoms with E-state index in [1.54, 1.807) is 24.3 Å². The molecule has 2 rings (SSSR count). The number of amides is 2. The highest BCUT2D eigenvalue weighted by molar-refractivity contribution is 5.94. The summed E-state index contributed by atoms with van der Waals surface area (Å²) >= 11 is 0. The van der Waals surface area contributed by atoms with Crippen molar-refractivity contribution in [2.75, 3.05) is 5.32 Å². The Bertz CT molecular complexity index is 651. The average Bonchev–Trinajstić information content (AvgIpc) is 2.93. The van der Waals surface area contributed by atoms with E-state index >= 15 is 0 Å². The first-order valence-corrected chi connectivity index (χ1v) is 6.18. The molecule has 7 heteroatoms. The van der Waals surface area contributed by atoms with Crippen LogP contribution in [0.5, 0.6) is 5.75 Å². The second-order valence-electron chi connectivity index (χ2n) is 4.20. The minimum atomic E-state index is -0.461. The summed E-state index contributed by atoms with van der Waals surface area (Å²) in [6.45, 7) is 1.44. The number of carbonyl (C=O) groups excluding carboxylic acids is 2. The Labute approximate surface area is 121 Å². The first-order chi connectivity index (χ1) is 10.1. The van der Waals surface area contributed by atoms with E-state index in [9.17, 15) is 9.59 Å². The Balaban J connectivity index is 2.12. The zero-order valence-electron chi connectivity index (χ0n) is 11.4. The fraction of sp³-hybridized carbons (Fsp3) is 0.143. The number of ether oxygens (including phenoxy) is 1. The number of nitrogens with one attached hydrogen (secondary N) is 2. The van der Waals surface area contributed by atoms with E-state index in [1.165, 1.54) is 19.3 Å². The van der Waals surface area contributed by atoms with Crippen LogP contribution in [0.15, 0.2) is 41.0 Å². The molecule has 0 unspecified atom stereocenters. The Hall–Kier alpha value is -2.80. The molecule has 0 spiro atoms. The minimum absolute atomic E-state index is 0.0341. The highest BCUT2D eigenvalue weighted by atomic mass is 16.5. The van der Waals surface area contributed by atoms with Gasteiger partial charge in [-0.25, -0.2) is 5.84 Å². The van der Waals surface area contributed by atoms with Crippen molar-refractivity contribution in [3.63, 3.8) is 0 Å². The molecule has 1 aromatic carbocycles. The van der Waals surface area contributed by atoms with Crippen molar-refractivity contribution in [3.05, 3.63) is 47.9 Å². The second-order valence-corrected chi connectivity index (χ2v) is 4.20. The number of nitrogen functional groups attached to an aromatic ring is 1. The Morgan fingerprint density at radius 2 is 2.05 bits per heavy atom. The maximum absolute atomic E-state index is 11.5. The van der Waals surface area contributed by atoms with Crippen molar-refractivity contribution in [2.24, 2.45) is 5.84 Å². The summed E-state index contributed by atoms with van der Waals surface area (Å²) in [5, 5.41) is 2.66. The van der Waals surface area contributed by atoms with Gasteiger partial charge in [0.15, 0.2) is 5.76 Å². The zero-order valence-corrected chi connectivity index (χ0v) is 11.4. The van der Waals surface area contributed by atoms with Gasteiger partial charge in [0.05, 0.1) is 17.5 Å². The van der Waals surface area contributed by atoms with Crippen molar-refractivity contribution in [2.45, 2.75) is 13.5 Å².